The quantitative estimate of drug-likeness (QED) is 0.863. The summed E-state index contributed by atoms with van der Waals surface area (Å²) in [5.74, 6) is 1.56. The van der Waals surface area contributed by atoms with E-state index in [2.05, 4.69) is 20.8 Å². The van der Waals surface area contributed by atoms with Gasteiger partial charge in [-0.3, -0.25) is 4.79 Å². The molecule has 0 radical (unpaired) electrons. The molecule has 3 amide bonds. The van der Waals surface area contributed by atoms with Crippen molar-refractivity contribution in [2.75, 3.05) is 20.1 Å². The van der Waals surface area contributed by atoms with Gasteiger partial charge in [-0.15, -0.1) is 0 Å². The maximum Gasteiger partial charge on any atom is 0.317 e. The fraction of sp³-hybridized carbons (Fsp3) is 0.765. The fourth-order valence-electron chi connectivity index (χ4n) is 3.81. The summed E-state index contributed by atoms with van der Waals surface area (Å²) in [7, 11) is 1.67. The highest BCUT2D eigenvalue weighted by Crippen LogP contribution is 2.27. The number of aromatic nitrogens is 2. The minimum Gasteiger partial charge on any atom is -0.359 e. The van der Waals surface area contributed by atoms with Gasteiger partial charge < -0.3 is 20.1 Å². The van der Waals surface area contributed by atoms with Gasteiger partial charge in [0.2, 0.25) is 11.8 Å². The van der Waals surface area contributed by atoms with E-state index in [4.69, 9.17) is 4.52 Å². The Kier molecular flexibility index (Phi) is 5.55. The van der Waals surface area contributed by atoms with Crippen molar-refractivity contribution in [2.24, 2.45) is 5.92 Å². The molecule has 1 saturated carbocycles. The number of amides is 3. The minimum absolute atomic E-state index is 0.0238. The molecular weight excluding hydrogens is 322 g/mol. The zero-order valence-electron chi connectivity index (χ0n) is 15.0. The van der Waals surface area contributed by atoms with Crippen LogP contribution in [0.15, 0.2) is 4.52 Å². The zero-order chi connectivity index (χ0) is 17.8. The van der Waals surface area contributed by atoms with Gasteiger partial charge in [0.1, 0.15) is 0 Å². The molecule has 2 aliphatic rings. The first-order chi connectivity index (χ1) is 12.1. The van der Waals surface area contributed by atoms with E-state index in [9.17, 15) is 9.59 Å². The molecule has 1 unspecified atom stereocenters. The van der Waals surface area contributed by atoms with Crippen LogP contribution in [0.5, 0.6) is 0 Å². The number of nitrogens with one attached hydrogen (secondary N) is 2. The molecule has 25 heavy (non-hydrogen) atoms. The van der Waals surface area contributed by atoms with Gasteiger partial charge in [-0.05, 0) is 45.4 Å². The van der Waals surface area contributed by atoms with Gasteiger partial charge in [-0.2, -0.15) is 4.98 Å². The average Bonchev–Trinajstić information content (AvgIpc) is 3.08. The van der Waals surface area contributed by atoms with E-state index in [1.807, 2.05) is 4.90 Å². The monoisotopic (exact) mass is 349 g/mol. The van der Waals surface area contributed by atoms with E-state index in [0.29, 0.717) is 18.3 Å². The van der Waals surface area contributed by atoms with Gasteiger partial charge >= 0.3 is 6.03 Å². The molecule has 1 aliphatic carbocycles. The molecule has 8 nitrogen and oxygen atoms in total. The lowest BCUT2D eigenvalue weighted by Gasteiger charge is -2.34. The molecule has 0 aromatic carbocycles. The van der Waals surface area contributed by atoms with E-state index in [1.165, 1.54) is 0 Å². The Balaban J connectivity index is 1.49. The van der Waals surface area contributed by atoms with Gasteiger partial charge in [0, 0.05) is 32.1 Å². The highest BCUT2D eigenvalue weighted by molar-refractivity contribution is 5.78. The lowest BCUT2D eigenvalue weighted by atomic mass is 9.85. The van der Waals surface area contributed by atoms with Crippen LogP contribution in [0.2, 0.25) is 0 Å². The van der Waals surface area contributed by atoms with Crippen LogP contribution >= 0.6 is 0 Å². The summed E-state index contributed by atoms with van der Waals surface area (Å²) in [6, 6.07) is 0.128. The molecule has 3 rings (SSSR count). The summed E-state index contributed by atoms with van der Waals surface area (Å²) in [6.45, 7) is 3.17. The molecule has 0 bridgehead atoms. The largest absolute Gasteiger partial charge is 0.359 e. The van der Waals surface area contributed by atoms with Crippen LogP contribution in [0.4, 0.5) is 4.79 Å². The first-order valence-electron chi connectivity index (χ1n) is 9.14. The van der Waals surface area contributed by atoms with Crippen molar-refractivity contribution < 1.29 is 14.1 Å². The number of hydrogen-bond acceptors (Lipinski definition) is 5. The zero-order valence-corrected chi connectivity index (χ0v) is 15.0. The summed E-state index contributed by atoms with van der Waals surface area (Å²) in [5, 5.41) is 9.69. The summed E-state index contributed by atoms with van der Waals surface area (Å²) in [4.78, 5) is 30.4. The standard InChI is InChI=1S/C17H27N5O3/c1-11-19-16(25-21-11)13-4-3-9-22(10-13)17(24)20-14-7-5-12(6-8-14)15(23)18-2/h12-14H,3-10H2,1-2H3,(H,18,23)(H,20,24). The highest BCUT2D eigenvalue weighted by atomic mass is 16.5. The number of hydrogen-bond donors (Lipinski definition) is 2. The second-order valence-corrected chi connectivity index (χ2v) is 7.08. The fourth-order valence-corrected chi connectivity index (χ4v) is 3.81. The van der Waals surface area contributed by atoms with Crippen molar-refractivity contribution in [3.8, 4) is 0 Å². The van der Waals surface area contributed by atoms with E-state index < -0.39 is 0 Å². The Hall–Kier alpha value is -2.12. The van der Waals surface area contributed by atoms with Gasteiger partial charge in [0.25, 0.3) is 0 Å². The second-order valence-electron chi connectivity index (χ2n) is 7.08. The molecule has 8 heteroatoms. The first-order valence-corrected chi connectivity index (χ1v) is 9.14. The van der Waals surface area contributed by atoms with Crippen LogP contribution in [0.25, 0.3) is 0 Å². The van der Waals surface area contributed by atoms with Crippen LogP contribution in [0.3, 0.4) is 0 Å². The maximum atomic E-state index is 12.6. The highest BCUT2D eigenvalue weighted by Gasteiger charge is 2.31. The third-order valence-electron chi connectivity index (χ3n) is 5.27. The number of rotatable bonds is 3. The maximum absolute atomic E-state index is 12.6. The number of piperidine rings is 1. The number of carbonyl (C=O) groups excluding carboxylic acids is 2. The number of carbonyl (C=O) groups is 2. The molecule has 1 aromatic heterocycles. The van der Waals surface area contributed by atoms with Crippen LogP contribution in [-0.4, -0.2) is 53.2 Å². The topological polar surface area (TPSA) is 100 Å². The lowest BCUT2D eigenvalue weighted by Crippen LogP contribution is -2.49. The van der Waals surface area contributed by atoms with Crippen LogP contribution < -0.4 is 10.6 Å². The molecule has 2 fully saturated rings. The summed E-state index contributed by atoms with van der Waals surface area (Å²) < 4.78 is 5.27. The molecule has 1 atom stereocenters. The SMILES string of the molecule is CNC(=O)C1CCC(NC(=O)N2CCCC(c3nc(C)no3)C2)CC1. The summed E-state index contributed by atoms with van der Waals surface area (Å²) >= 11 is 0. The first kappa shape index (κ1) is 17.7. The lowest BCUT2D eigenvalue weighted by molar-refractivity contribution is -0.125. The normalized spacial score (nSPS) is 27.0. The van der Waals surface area contributed by atoms with Crippen molar-refractivity contribution in [3.63, 3.8) is 0 Å². The third kappa shape index (κ3) is 4.29. The second kappa shape index (κ2) is 7.84. The molecule has 138 valence electrons. The molecule has 1 aliphatic heterocycles. The predicted octanol–water partition coefficient (Wildman–Crippen LogP) is 1.57. The minimum atomic E-state index is -0.0238. The van der Waals surface area contributed by atoms with Crippen molar-refractivity contribution in [2.45, 2.75) is 57.4 Å². The van der Waals surface area contributed by atoms with Crippen molar-refractivity contribution in [3.05, 3.63) is 11.7 Å². The Morgan fingerprint density at radius 2 is 1.96 bits per heavy atom. The van der Waals surface area contributed by atoms with E-state index >= 15 is 0 Å². The van der Waals surface area contributed by atoms with Gasteiger partial charge in [0.05, 0.1) is 5.92 Å². The van der Waals surface area contributed by atoms with Gasteiger partial charge in [-0.1, -0.05) is 5.16 Å². The molecule has 0 spiro atoms. The van der Waals surface area contributed by atoms with Crippen LogP contribution in [0.1, 0.15) is 56.2 Å². The summed E-state index contributed by atoms with van der Waals surface area (Å²) in [5.41, 5.74) is 0. The Morgan fingerprint density at radius 3 is 2.60 bits per heavy atom. The Labute approximate surface area is 147 Å². The van der Waals surface area contributed by atoms with Gasteiger partial charge in [-0.25, -0.2) is 4.79 Å². The molecule has 2 N–H and O–H groups in total. The van der Waals surface area contributed by atoms with Crippen molar-refractivity contribution >= 4 is 11.9 Å². The number of likely N-dealkylation sites (tertiary alicyclic amines) is 1. The predicted molar refractivity (Wildman–Crippen MR) is 90.9 cm³/mol. The molecule has 1 saturated heterocycles. The van der Waals surface area contributed by atoms with E-state index in [-0.39, 0.29) is 29.8 Å². The Bertz CT molecular complexity index is 609. The average molecular weight is 349 g/mol. The van der Waals surface area contributed by atoms with Crippen molar-refractivity contribution in [1.29, 1.82) is 0 Å². The van der Waals surface area contributed by atoms with E-state index in [1.54, 1.807) is 14.0 Å². The van der Waals surface area contributed by atoms with Crippen LogP contribution in [0, 0.1) is 12.8 Å². The van der Waals surface area contributed by atoms with Gasteiger partial charge in [0.15, 0.2) is 5.82 Å². The third-order valence-corrected chi connectivity index (χ3v) is 5.27. The smallest absolute Gasteiger partial charge is 0.317 e. The number of aryl methyl sites for hydroxylation is 1. The summed E-state index contributed by atoms with van der Waals surface area (Å²) in [6.07, 6.45) is 5.25. The van der Waals surface area contributed by atoms with Crippen molar-refractivity contribution in [1.82, 2.24) is 25.7 Å². The van der Waals surface area contributed by atoms with E-state index in [0.717, 1.165) is 45.1 Å². The number of nitrogens with zero attached hydrogens (tertiary/aromatic N) is 3. The Morgan fingerprint density at radius 1 is 1.20 bits per heavy atom. The molecular formula is C17H27N5O3. The number of urea groups is 1. The molecule has 2 heterocycles. The molecule has 1 aromatic rings. The van der Waals surface area contributed by atoms with Crippen LogP contribution in [-0.2, 0) is 4.79 Å².